The number of nitrogens with zero attached hydrogens (tertiary/aromatic N) is 3. The second kappa shape index (κ2) is 8.63. The van der Waals surface area contributed by atoms with Crippen LogP contribution >= 0.6 is 23.1 Å². The lowest BCUT2D eigenvalue weighted by Crippen LogP contribution is -2.40. The first-order chi connectivity index (χ1) is 13.7. The zero-order valence-corrected chi connectivity index (χ0v) is 17.7. The number of aryl methyl sites for hydroxylation is 1. The Morgan fingerprint density at radius 1 is 1.39 bits per heavy atom. The fraction of sp³-hybridized carbons (Fsp3) is 0.450. The molecule has 1 saturated heterocycles. The summed E-state index contributed by atoms with van der Waals surface area (Å²) in [6.07, 6.45) is 2.33. The molecule has 0 saturated carbocycles. The first-order valence-electron chi connectivity index (χ1n) is 9.61. The smallest absolute Gasteiger partial charge is 0.287 e. The average molecular weight is 417 g/mol. The molecule has 0 bridgehead atoms. The van der Waals surface area contributed by atoms with E-state index >= 15 is 0 Å². The normalized spacial score (nSPS) is 17.4. The fourth-order valence-corrected chi connectivity index (χ4v) is 5.57. The Labute approximate surface area is 172 Å². The van der Waals surface area contributed by atoms with E-state index < -0.39 is 0 Å². The Kier molecular flexibility index (Phi) is 5.99. The van der Waals surface area contributed by atoms with Gasteiger partial charge in [-0.25, -0.2) is 0 Å². The molecule has 1 fully saturated rings. The third-order valence-corrected chi connectivity index (χ3v) is 7.15. The molecule has 8 heteroatoms. The zero-order valence-electron chi connectivity index (χ0n) is 16.1. The van der Waals surface area contributed by atoms with Gasteiger partial charge in [0.25, 0.3) is 5.91 Å². The highest BCUT2D eigenvalue weighted by molar-refractivity contribution is 8.00. The summed E-state index contributed by atoms with van der Waals surface area (Å²) in [5, 5.41) is 13.3. The molecule has 1 aliphatic rings. The highest BCUT2D eigenvalue weighted by Crippen LogP contribution is 2.33. The molecule has 1 unspecified atom stereocenters. The lowest BCUT2D eigenvalue weighted by molar-refractivity contribution is 0.0915. The molecule has 0 radical (unpaired) electrons. The van der Waals surface area contributed by atoms with E-state index in [2.05, 4.69) is 27.3 Å². The molecule has 3 aromatic rings. The minimum atomic E-state index is -0.136. The van der Waals surface area contributed by atoms with Gasteiger partial charge in [-0.2, -0.15) is 0 Å². The maximum Gasteiger partial charge on any atom is 0.287 e. The van der Waals surface area contributed by atoms with Crippen molar-refractivity contribution in [2.45, 2.75) is 42.8 Å². The molecule has 28 heavy (non-hydrogen) atoms. The molecule has 1 N–H and O–H groups in total. The van der Waals surface area contributed by atoms with Crippen molar-refractivity contribution in [3.8, 4) is 0 Å². The van der Waals surface area contributed by atoms with Crippen LogP contribution < -0.4 is 5.32 Å². The van der Waals surface area contributed by atoms with Gasteiger partial charge in [-0.3, -0.25) is 9.69 Å². The lowest BCUT2D eigenvalue weighted by atomic mass is 10.1. The van der Waals surface area contributed by atoms with E-state index in [9.17, 15) is 4.79 Å². The molecular weight excluding hydrogens is 392 g/mol. The van der Waals surface area contributed by atoms with Crippen molar-refractivity contribution in [2.24, 2.45) is 0 Å². The van der Waals surface area contributed by atoms with Gasteiger partial charge in [0.1, 0.15) is 10.6 Å². The lowest BCUT2D eigenvalue weighted by Gasteiger charge is -2.22. The van der Waals surface area contributed by atoms with Crippen molar-refractivity contribution in [3.05, 3.63) is 40.6 Å². The molecule has 1 aromatic carbocycles. The van der Waals surface area contributed by atoms with Crippen LogP contribution in [0.15, 0.2) is 33.0 Å². The number of rotatable bonds is 7. The minimum Gasteiger partial charge on any atom is -0.451 e. The number of nitrogens with one attached hydrogen (secondary N) is 1. The molecular formula is C20H24N4O2S2. The summed E-state index contributed by atoms with van der Waals surface area (Å²) in [6, 6.07) is 8.23. The van der Waals surface area contributed by atoms with Crippen LogP contribution in [-0.2, 0) is 5.75 Å². The number of fused-ring (bicyclic) bond motifs is 1. The quantitative estimate of drug-likeness (QED) is 0.585. The Balaban J connectivity index is 1.52. The Morgan fingerprint density at radius 2 is 2.25 bits per heavy atom. The number of carbonyl (C=O) groups is 1. The number of carbonyl (C=O) groups excluding carboxylic acids is 1. The topological polar surface area (TPSA) is 71.3 Å². The molecule has 0 spiro atoms. The second-order valence-corrected chi connectivity index (χ2v) is 9.32. The maximum absolute atomic E-state index is 12.9. The summed E-state index contributed by atoms with van der Waals surface area (Å²) < 4.78 is 6.85. The summed E-state index contributed by atoms with van der Waals surface area (Å²) in [5.74, 6) is 0.901. The Morgan fingerprint density at radius 3 is 3.04 bits per heavy atom. The number of furan rings is 1. The highest BCUT2D eigenvalue weighted by atomic mass is 32.2. The summed E-state index contributed by atoms with van der Waals surface area (Å²) in [7, 11) is 0. The molecule has 1 amide bonds. The Hall–Kier alpha value is -1.90. The summed E-state index contributed by atoms with van der Waals surface area (Å²) >= 11 is 3.15. The molecule has 148 valence electrons. The van der Waals surface area contributed by atoms with Gasteiger partial charge in [0.05, 0.1) is 0 Å². The standard InChI is InChI=1S/C20H24N4O2S2/c1-3-24-10-6-7-14(24)11-21-19(25)18-16(12-27-20-23-22-13(2)28-20)15-8-4-5-9-17(15)26-18/h4-5,8-9,14H,3,6-7,10-12H2,1-2H3,(H,21,25). The van der Waals surface area contributed by atoms with Crippen molar-refractivity contribution < 1.29 is 9.21 Å². The molecule has 3 heterocycles. The number of hydrogen-bond donors (Lipinski definition) is 1. The third kappa shape index (κ3) is 4.09. The predicted octanol–water partition coefficient (Wildman–Crippen LogP) is 4.10. The van der Waals surface area contributed by atoms with E-state index in [0.717, 1.165) is 45.4 Å². The molecule has 0 aliphatic carbocycles. The van der Waals surface area contributed by atoms with Gasteiger partial charge in [-0.15, -0.1) is 10.2 Å². The van der Waals surface area contributed by atoms with Crippen LogP contribution in [0.4, 0.5) is 0 Å². The van der Waals surface area contributed by atoms with Crippen LogP contribution in [0.2, 0.25) is 0 Å². The Bertz CT molecular complexity index is 968. The van der Waals surface area contributed by atoms with Crippen LogP contribution in [-0.4, -0.2) is 46.7 Å². The van der Waals surface area contributed by atoms with Gasteiger partial charge in [0, 0.05) is 29.3 Å². The number of para-hydroxylation sites is 1. The highest BCUT2D eigenvalue weighted by Gasteiger charge is 2.25. The van der Waals surface area contributed by atoms with E-state index in [0.29, 0.717) is 24.1 Å². The number of aromatic nitrogens is 2. The van der Waals surface area contributed by atoms with Crippen LogP contribution in [0.1, 0.15) is 40.9 Å². The SMILES string of the molecule is CCN1CCCC1CNC(=O)c1oc2ccccc2c1CSc1nnc(C)s1. The third-order valence-electron chi connectivity index (χ3n) is 5.16. The van der Waals surface area contributed by atoms with Gasteiger partial charge < -0.3 is 9.73 Å². The van der Waals surface area contributed by atoms with Crippen molar-refractivity contribution in [1.29, 1.82) is 0 Å². The van der Waals surface area contributed by atoms with Crippen molar-refractivity contribution in [1.82, 2.24) is 20.4 Å². The minimum absolute atomic E-state index is 0.136. The van der Waals surface area contributed by atoms with Crippen molar-refractivity contribution >= 4 is 40.0 Å². The van der Waals surface area contributed by atoms with Gasteiger partial charge in [-0.05, 0) is 38.9 Å². The van der Waals surface area contributed by atoms with Gasteiger partial charge in [0.15, 0.2) is 10.1 Å². The summed E-state index contributed by atoms with van der Waals surface area (Å²) in [4.78, 5) is 15.4. The predicted molar refractivity (Wildman–Crippen MR) is 113 cm³/mol. The van der Waals surface area contributed by atoms with Gasteiger partial charge in [0.2, 0.25) is 0 Å². The number of likely N-dealkylation sites (N-methyl/N-ethyl adjacent to an activating group) is 1. The van der Waals surface area contributed by atoms with E-state index in [1.807, 2.05) is 31.2 Å². The van der Waals surface area contributed by atoms with Crippen LogP contribution in [0.5, 0.6) is 0 Å². The molecule has 1 atom stereocenters. The van der Waals surface area contributed by atoms with Crippen molar-refractivity contribution in [2.75, 3.05) is 19.6 Å². The van der Waals surface area contributed by atoms with Crippen molar-refractivity contribution in [3.63, 3.8) is 0 Å². The fourth-order valence-electron chi connectivity index (χ4n) is 3.73. The summed E-state index contributed by atoms with van der Waals surface area (Å²) in [6.45, 7) is 6.91. The van der Waals surface area contributed by atoms with E-state index in [4.69, 9.17) is 4.42 Å². The number of amides is 1. The first-order valence-corrected chi connectivity index (χ1v) is 11.4. The van der Waals surface area contributed by atoms with E-state index in [-0.39, 0.29) is 5.91 Å². The van der Waals surface area contributed by atoms with Crippen LogP contribution in [0.3, 0.4) is 0 Å². The van der Waals surface area contributed by atoms with E-state index in [1.165, 1.54) is 6.42 Å². The van der Waals surface area contributed by atoms with E-state index in [1.54, 1.807) is 23.1 Å². The molecule has 6 nitrogen and oxygen atoms in total. The summed E-state index contributed by atoms with van der Waals surface area (Å²) in [5.41, 5.74) is 1.66. The average Bonchev–Trinajstić information content (AvgIpc) is 3.42. The first kappa shape index (κ1) is 19.4. The molecule has 4 rings (SSSR count). The van der Waals surface area contributed by atoms with Crippen LogP contribution in [0, 0.1) is 6.92 Å². The molecule has 2 aromatic heterocycles. The number of hydrogen-bond acceptors (Lipinski definition) is 7. The number of thioether (sulfide) groups is 1. The monoisotopic (exact) mass is 416 g/mol. The van der Waals surface area contributed by atoms with Gasteiger partial charge >= 0.3 is 0 Å². The number of likely N-dealkylation sites (tertiary alicyclic amines) is 1. The van der Waals surface area contributed by atoms with Crippen LogP contribution in [0.25, 0.3) is 11.0 Å². The zero-order chi connectivity index (χ0) is 19.5. The van der Waals surface area contributed by atoms with Gasteiger partial charge in [-0.1, -0.05) is 48.2 Å². The largest absolute Gasteiger partial charge is 0.451 e. The second-order valence-electron chi connectivity index (χ2n) is 6.92. The molecule has 1 aliphatic heterocycles. The maximum atomic E-state index is 12.9. The number of benzene rings is 1.